The van der Waals surface area contributed by atoms with Gasteiger partial charge >= 0.3 is 0 Å². The maximum absolute atomic E-state index is 10.9. The molecule has 0 aliphatic rings. The van der Waals surface area contributed by atoms with Gasteiger partial charge in [-0.2, -0.15) is 0 Å². The molecule has 0 aromatic rings. The molecule has 4 nitrogen and oxygen atoms in total. The van der Waals surface area contributed by atoms with Crippen molar-refractivity contribution in [2.75, 3.05) is 19.3 Å². The van der Waals surface area contributed by atoms with Crippen LogP contribution in [0, 0.1) is 0 Å². The van der Waals surface area contributed by atoms with Crippen molar-refractivity contribution in [2.24, 2.45) is 0 Å². The smallest absolute Gasteiger partial charge is 0.209 e. The first-order valence-corrected chi connectivity index (χ1v) is 6.35. The first kappa shape index (κ1) is 12.9. The van der Waals surface area contributed by atoms with Gasteiger partial charge in [-0.15, -0.1) is 0 Å². The zero-order valence-electron chi connectivity index (χ0n) is 8.85. The lowest BCUT2D eigenvalue weighted by molar-refractivity contribution is 0.422. The van der Waals surface area contributed by atoms with Gasteiger partial charge in [-0.25, -0.2) is 13.1 Å². The standard InChI is InChI=1S/C8H20N2O2S/c1-5-6-9-7-8(2,3)10-13(4,11)12/h9-10H,5-7H2,1-4H3. The van der Waals surface area contributed by atoms with Crippen molar-refractivity contribution >= 4 is 10.0 Å². The second-order valence-corrected chi connectivity index (χ2v) is 5.68. The molecule has 0 saturated carbocycles. The SMILES string of the molecule is CCCNCC(C)(C)NS(C)(=O)=O. The quantitative estimate of drug-likeness (QED) is 0.618. The molecule has 0 atom stereocenters. The summed E-state index contributed by atoms with van der Waals surface area (Å²) in [7, 11) is -3.11. The van der Waals surface area contributed by atoms with Crippen LogP contribution in [-0.2, 0) is 10.0 Å². The van der Waals surface area contributed by atoms with Crippen molar-refractivity contribution < 1.29 is 8.42 Å². The maximum Gasteiger partial charge on any atom is 0.209 e. The number of hydrogen-bond donors (Lipinski definition) is 2. The van der Waals surface area contributed by atoms with Crippen molar-refractivity contribution in [2.45, 2.75) is 32.7 Å². The van der Waals surface area contributed by atoms with Gasteiger partial charge in [-0.05, 0) is 26.8 Å². The molecule has 0 aromatic carbocycles. The molecule has 0 bridgehead atoms. The molecule has 5 heteroatoms. The van der Waals surface area contributed by atoms with Crippen LogP contribution in [0.2, 0.25) is 0 Å². The predicted molar refractivity (Wildman–Crippen MR) is 55.2 cm³/mol. The minimum atomic E-state index is -3.11. The van der Waals surface area contributed by atoms with Crippen LogP contribution in [0.1, 0.15) is 27.2 Å². The molecule has 0 saturated heterocycles. The average Bonchev–Trinajstić information content (AvgIpc) is 1.81. The molecular weight excluding hydrogens is 188 g/mol. The first-order valence-electron chi connectivity index (χ1n) is 4.46. The van der Waals surface area contributed by atoms with Crippen LogP contribution in [0.15, 0.2) is 0 Å². The van der Waals surface area contributed by atoms with Gasteiger partial charge in [0, 0.05) is 12.1 Å². The van der Waals surface area contributed by atoms with E-state index in [4.69, 9.17) is 0 Å². The van der Waals surface area contributed by atoms with Crippen LogP contribution in [-0.4, -0.2) is 33.3 Å². The predicted octanol–water partition coefficient (Wildman–Crippen LogP) is 0.314. The summed E-state index contributed by atoms with van der Waals surface area (Å²) in [5.74, 6) is 0. The summed E-state index contributed by atoms with van der Waals surface area (Å²) in [6.45, 7) is 7.35. The minimum Gasteiger partial charge on any atom is -0.315 e. The van der Waals surface area contributed by atoms with E-state index in [0.29, 0.717) is 6.54 Å². The molecular formula is C8H20N2O2S. The Hall–Kier alpha value is -0.130. The van der Waals surface area contributed by atoms with Crippen LogP contribution in [0.5, 0.6) is 0 Å². The Labute approximate surface area is 81.2 Å². The van der Waals surface area contributed by atoms with E-state index in [9.17, 15) is 8.42 Å². The molecule has 80 valence electrons. The van der Waals surface area contributed by atoms with E-state index in [1.807, 2.05) is 13.8 Å². The summed E-state index contributed by atoms with van der Waals surface area (Å²) in [6, 6.07) is 0. The van der Waals surface area contributed by atoms with Gasteiger partial charge in [0.25, 0.3) is 0 Å². The second-order valence-electron chi connectivity index (χ2n) is 3.93. The van der Waals surface area contributed by atoms with Crippen LogP contribution < -0.4 is 10.0 Å². The van der Waals surface area contributed by atoms with E-state index < -0.39 is 15.6 Å². The van der Waals surface area contributed by atoms with Crippen molar-refractivity contribution in [3.8, 4) is 0 Å². The lowest BCUT2D eigenvalue weighted by Crippen LogP contribution is -2.49. The summed E-state index contributed by atoms with van der Waals surface area (Å²) >= 11 is 0. The third-order valence-corrected chi connectivity index (χ3v) is 2.38. The summed E-state index contributed by atoms with van der Waals surface area (Å²) in [5.41, 5.74) is -0.414. The summed E-state index contributed by atoms with van der Waals surface area (Å²) < 4.78 is 24.4. The molecule has 2 N–H and O–H groups in total. The largest absolute Gasteiger partial charge is 0.315 e. The summed E-state index contributed by atoms with van der Waals surface area (Å²) in [6.07, 6.45) is 2.23. The minimum absolute atomic E-state index is 0.414. The molecule has 0 unspecified atom stereocenters. The Bertz CT molecular complexity index is 235. The molecule has 0 amide bonds. The zero-order chi connectivity index (χ0) is 10.5. The first-order chi connectivity index (χ1) is 5.77. The summed E-state index contributed by atoms with van der Waals surface area (Å²) in [4.78, 5) is 0. The van der Waals surface area contributed by atoms with Gasteiger partial charge < -0.3 is 5.32 Å². The second kappa shape index (κ2) is 4.93. The van der Waals surface area contributed by atoms with Gasteiger partial charge in [0.1, 0.15) is 0 Å². The fourth-order valence-electron chi connectivity index (χ4n) is 1.12. The topological polar surface area (TPSA) is 58.2 Å². The van der Waals surface area contributed by atoms with Gasteiger partial charge in [0.15, 0.2) is 0 Å². The lowest BCUT2D eigenvalue weighted by Gasteiger charge is -2.25. The van der Waals surface area contributed by atoms with E-state index in [-0.39, 0.29) is 0 Å². The van der Waals surface area contributed by atoms with Gasteiger partial charge in [0.2, 0.25) is 10.0 Å². The normalized spacial score (nSPS) is 13.2. The Morgan fingerprint density at radius 1 is 1.31 bits per heavy atom. The number of rotatable bonds is 6. The highest BCUT2D eigenvalue weighted by Gasteiger charge is 2.20. The average molecular weight is 208 g/mol. The summed E-state index contributed by atoms with van der Waals surface area (Å²) in [5, 5.41) is 3.17. The maximum atomic E-state index is 10.9. The number of sulfonamides is 1. The van der Waals surface area contributed by atoms with Crippen molar-refractivity contribution in [3.63, 3.8) is 0 Å². The Morgan fingerprint density at radius 3 is 2.23 bits per heavy atom. The molecule has 0 aromatic heterocycles. The fourth-order valence-corrected chi connectivity index (χ4v) is 2.19. The number of hydrogen-bond acceptors (Lipinski definition) is 3. The van der Waals surface area contributed by atoms with Crippen molar-refractivity contribution in [1.29, 1.82) is 0 Å². The van der Waals surface area contributed by atoms with E-state index in [1.165, 1.54) is 6.26 Å². The van der Waals surface area contributed by atoms with Gasteiger partial charge in [-0.3, -0.25) is 0 Å². The molecule has 0 aliphatic heterocycles. The van der Waals surface area contributed by atoms with Crippen molar-refractivity contribution in [1.82, 2.24) is 10.0 Å². The van der Waals surface area contributed by atoms with Crippen molar-refractivity contribution in [3.05, 3.63) is 0 Å². The van der Waals surface area contributed by atoms with Gasteiger partial charge in [-0.1, -0.05) is 6.92 Å². The molecule has 0 rings (SSSR count). The monoisotopic (exact) mass is 208 g/mol. The molecule has 0 heterocycles. The third-order valence-electron chi connectivity index (χ3n) is 1.46. The Balaban J connectivity index is 3.94. The van der Waals surface area contributed by atoms with Crippen LogP contribution in [0.4, 0.5) is 0 Å². The molecule has 0 radical (unpaired) electrons. The molecule has 0 aliphatic carbocycles. The van der Waals surface area contributed by atoms with Crippen LogP contribution in [0.25, 0.3) is 0 Å². The Morgan fingerprint density at radius 2 is 1.85 bits per heavy atom. The highest BCUT2D eigenvalue weighted by Crippen LogP contribution is 2.01. The van der Waals surface area contributed by atoms with E-state index in [0.717, 1.165) is 13.0 Å². The Kier molecular flexibility index (Phi) is 4.88. The van der Waals surface area contributed by atoms with Gasteiger partial charge in [0.05, 0.1) is 6.26 Å². The number of nitrogens with one attached hydrogen (secondary N) is 2. The molecule has 0 spiro atoms. The lowest BCUT2D eigenvalue weighted by atomic mass is 10.1. The third kappa shape index (κ3) is 8.21. The van der Waals surface area contributed by atoms with Crippen LogP contribution >= 0.6 is 0 Å². The highest BCUT2D eigenvalue weighted by molar-refractivity contribution is 7.88. The molecule has 13 heavy (non-hydrogen) atoms. The van der Waals surface area contributed by atoms with E-state index in [1.54, 1.807) is 0 Å². The van der Waals surface area contributed by atoms with E-state index in [2.05, 4.69) is 17.0 Å². The van der Waals surface area contributed by atoms with E-state index >= 15 is 0 Å². The fraction of sp³-hybridized carbons (Fsp3) is 1.00. The zero-order valence-corrected chi connectivity index (χ0v) is 9.66. The highest BCUT2D eigenvalue weighted by atomic mass is 32.2. The molecule has 0 fully saturated rings. The van der Waals surface area contributed by atoms with Crippen LogP contribution in [0.3, 0.4) is 0 Å².